The summed E-state index contributed by atoms with van der Waals surface area (Å²) in [5, 5.41) is 1.35. The smallest absolute Gasteiger partial charge is 0.263 e. The van der Waals surface area contributed by atoms with Crippen LogP contribution in [0, 0.1) is 20.8 Å². The Bertz CT molecular complexity index is 961. The van der Waals surface area contributed by atoms with E-state index in [2.05, 4.69) is 0 Å². The molecular formula is C19H22ClN3O2S. The molecule has 138 valence electrons. The van der Waals surface area contributed by atoms with Gasteiger partial charge in [0.1, 0.15) is 11.5 Å². The van der Waals surface area contributed by atoms with Gasteiger partial charge in [-0.05, 0) is 58.6 Å². The van der Waals surface area contributed by atoms with Crippen LogP contribution in [0.25, 0.3) is 10.2 Å². The van der Waals surface area contributed by atoms with Crippen molar-refractivity contribution < 1.29 is 9.21 Å². The summed E-state index contributed by atoms with van der Waals surface area (Å²) in [6.07, 6.45) is 0. The molecule has 2 aromatic heterocycles. The van der Waals surface area contributed by atoms with Crippen molar-refractivity contribution >= 4 is 44.2 Å². The van der Waals surface area contributed by atoms with Crippen LogP contribution in [-0.4, -0.2) is 43.0 Å². The summed E-state index contributed by atoms with van der Waals surface area (Å²) in [5.41, 5.74) is 2.47. The third-order valence-electron chi connectivity index (χ3n) is 4.16. The predicted molar refractivity (Wildman–Crippen MR) is 108 cm³/mol. The van der Waals surface area contributed by atoms with Gasteiger partial charge in [0, 0.05) is 18.1 Å². The summed E-state index contributed by atoms with van der Waals surface area (Å²) in [6, 6.07) is 5.58. The number of likely N-dealkylation sites (N-methyl/N-ethyl adjacent to an activating group) is 1. The first-order valence-electron chi connectivity index (χ1n) is 8.36. The van der Waals surface area contributed by atoms with Crippen LogP contribution in [0.4, 0.5) is 5.13 Å². The summed E-state index contributed by atoms with van der Waals surface area (Å²) < 4.78 is 6.53. The van der Waals surface area contributed by atoms with Crippen LogP contribution in [0.3, 0.4) is 0 Å². The Balaban J connectivity index is 2.04. The van der Waals surface area contributed by atoms with E-state index in [-0.39, 0.29) is 5.91 Å². The highest BCUT2D eigenvalue weighted by Crippen LogP contribution is 2.34. The van der Waals surface area contributed by atoms with Gasteiger partial charge in [-0.25, -0.2) is 4.98 Å². The minimum Gasteiger partial charge on any atom is -0.466 e. The maximum absolute atomic E-state index is 13.2. The lowest BCUT2D eigenvalue weighted by Gasteiger charge is -2.21. The molecule has 0 atom stereocenters. The summed E-state index contributed by atoms with van der Waals surface area (Å²) in [7, 11) is 3.97. The van der Waals surface area contributed by atoms with E-state index in [4.69, 9.17) is 21.0 Å². The zero-order valence-corrected chi connectivity index (χ0v) is 17.2. The molecule has 5 nitrogen and oxygen atoms in total. The molecule has 0 saturated heterocycles. The van der Waals surface area contributed by atoms with Gasteiger partial charge in [-0.1, -0.05) is 22.9 Å². The van der Waals surface area contributed by atoms with E-state index in [0.717, 1.165) is 28.1 Å². The molecule has 2 heterocycles. The Hall–Kier alpha value is -1.89. The normalized spacial score (nSPS) is 11.5. The number of furan rings is 1. The molecule has 1 aromatic carbocycles. The first-order chi connectivity index (χ1) is 12.3. The van der Waals surface area contributed by atoms with Crippen molar-refractivity contribution in [3.8, 4) is 0 Å². The first-order valence-corrected chi connectivity index (χ1v) is 9.56. The number of hydrogen-bond acceptors (Lipinski definition) is 5. The fourth-order valence-electron chi connectivity index (χ4n) is 2.83. The molecule has 0 aliphatic rings. The Morgan fingerprint density at radius 2 is 1.92 bits per heavy atom. The Labute approximate surface area is 162 Å². The lowest BCUT2D eigenvalue weighted by atomic mass is 10.2. The molecule has 0 aliphatic heterocycles. The van der Waals surface area contributed by atoms with Gasteiger partial charge >= 0.3 is 0 Å². The van der Waals surface area contributed by atoms with Crippen LogP contribution in [0.2, 0.25) is 5.02 Å². The van der Waals surface area contributed by atoms with Crippen LogP contribution in [0.5, 0.6) is 0 Å². The quantitative estimate of drug-likeness (QED) is 0.633. The molecule has 0 radical (unpaired) electrons. The molecule has 3 aromatic rings. The number of anilines is 1. The number of nitrogens with zero attached hydrogens (tertiary/aromatic N) is 3. The second-order valence-electron chi connectivity index (χ2n) is 6.65. The average molecular weight is 392 g/mol. The fourth-order valence-corrected chi connectivity index (χ4v) is 4.28. The van der Waals surface area contributed by atoms with Gasteiger partial charge in [-0.2, -0.15) is 0 Å². The van der Waals surface area contributed by atoms with Crippen molar-refractivity contribution in [1.29, 1.82) is 0 Å². The van der Waals surface area contributed by atoms with Crippen LogP contribution >= 0.6 is 22.9 Å². The van der Waals surface area contributed by atoms with Crippen molar-refractivity contribution in [2.45, 2.75) is 20.8 Å². The van der Waals surface area contributed by atoms with Crippen molar-refractivity contribution in [1.82, 2.24) is 9.88 Å². The topological polar surface area (TPSA) is 49.6 Å². The number of aromatic nitrogens is 1. The van der Waals surface area contributed by atoms with Crippen molar-refractivity contribution in [2.24, 2.45) is 0 Å². The molecule has 0 aliphatic carbocycles. The standard InChI is InChI=1S/C19H22ClN3O2S/c1-11-8-14(20)10-16-17(11)21-19(26-16)23(7-6-22(4)5)18(24)15-9-12(2)25-13(15)3/h8-10H,6-7H2,1-5H3. The molecule has 0 N–H and O–H groups in total. The highest BCUT2D eigenvalue weighted by molar-refractivity contribution is 7.22. The number of hydrogen-bond donors (Lipinski definition) is 0. The molecule has 0 saturated carbocycles. The van der Waals surface area contributed by atoms with Gasteiger partial charge in [0.05, 0.1) is 15.8 Å². The number of carbonyl (C=O) groups excluding carboxylic acids is 1. The molecule has 0 bridgehead atoms. The van der Waals surface area contributed by atoms with Gasteiger partial charge in [-0.15, -0.1) is 0 Å². The number of fused-ring (bicyclic) bond motifs is 1. The summed E-state index contributed by atoms with van der Waals surface area (Å²) in [6.45, 7) is 6.91. The highest BCUT2D eigenvalue weighted by Gasteiger charge is 2.25. The second-order valence-corrected chi connectivity index (χ2v) is 8.10. The number of thiazole rings is 1. The highest BCUT2D eigenvalue weighted by atomic mass is 35.5. The zero-order chi connectivity index (χ0) is 19.0. The molecule has 1 amide bonds. The Morgan fingerprint density at radius 1 is 1.19 bits per heavy atom. The molecule has 0 fully saturated rings. The van der Waals surface area contributed by atoms with Crippen LogP contribution in [-0.2, 0) is 0 Å². The lowest BCUT2D eigenvalue weighted by Crippen LogP contribution is -2.36. The number of benzene rings is 1. The van der Waals surface area contributed by atoms with E-state index in [0.29, 0.717) is 28.0 Å². The Kier molecular flexibility index (Phi) is 5.37. The van der Waals surface area contributed by atoms with Gasteiger partial charge in [0.2, 0.25) is 0 Å². The minimum atomic E-state index is -0.0935. The van der Waals surface area contributed by atoms with E-state index < -0.39 is 0 Å². The van der Waals surface area contributed by atoms with Gasteiger partial charge in [0.15, 0.2) is 5.13 Å². The maximum Gasteiger partial charge on any atom is 0.263 e. The summed E-state index contributed by atoms with van der Waals surface area (Å²) in [5.74, 6) is 1.26. The SMILES string of the molecule is Cc1cc(C(=O)N(CCN(C)C)c2nc3c(C)cc(Cl)cc3s2)c(C)o1. The third kappa shape index (κ3) is 3.77. The minimum absolute atomic E-state index is 0.0935. The van der Waals surface area contributed by atoms with E-state index in [1.165, 1.54) is 11.3 Å². The predicted octanol–water partition coefficient (Wildman–Crippen LogP) is 4.68. The maximum atomic E-state index is 13.2. The summed E-state index contributed by atoms with van der Waals surface area (Å²) in [4.78, 5) is 21.7. The zero-order valence-electron chi connectivity index (χ0n) is 15.6. The molecule has 0 spiro atoms. The average Bonchev–Trinajstić information content (AvgIpc) is 3.10. The monoisotopic (exact) mass is 391 g/mol. The van der Waals surface area contributed by atoms with E-state index >= 15 is 0 Å². The van der Waals surface area contributed by atoms with Gasteiger partial charge in [-0.3, -0.25) is 9.69 Å². The number of aryl methyl sites for hydroxylation is 3. The van der Waals surface area contributed by atoms with Gasteiger partial charge in [0.25, 0.3) is 5.91 Å². The molecule has 3 rings (SSSR count). The van der Waals surface area contributed by atoms with E-state index in [9.17, 15) is 4.79 Å². The molecule has 26 heavy (non-hydrogen) atoms. The van der Waals surface area contributed by atoms with Crippen molar-refractivity contribution in [3.63, 3.8) is 0 Å². The van der Waals surface area contributed by atoms with E-state index in [1.54, 1.807) is 11.0 Å². The molecule has 0 unspecified atom stereocenters. The second kappa shape index (κ2) is 7.39. The van der Waals surface area contributed by atoms with Crippen molar-refractivity contribution in [3.05, 3.63) is 45.9 Å². The summed E-state index contributed by atoms with van der Waals surface area (Å²) >= 11 is 7.66. The fraction of sp³-hybridized carbons (Fsp3) is 0.368. The lowest BCUT2D eigenvalue weighted by molar-refractivity contribution is 0.0983. The molecule has 7 heteroatoms. The van der Waals surface area contributed by atoms with Crippen molar-refractivity contribution in [2.75, 3.05) is 32.1 Å². The first kappa shape index (κ1) is 18.9. The number of carbonyl (C=O) groups is 1. The molecular weight excluding hydrogens is 370 g/mol. The third-order valence-corrected chi connectivity index (χ3v) is 5.40. The number of halogens is 1. The van der Waals surface area contributed by atoms with Crippen LogP contribution in [0.1, 0.15) is 27.4 Å². The van der Waals surface area contributed by atoms with E-state index in [1.807, 2.05) is 51.9 Å². The number of amides is 1. The van der Waals surface area contributed by atoms with Crippen LogP contribution in [0.15, 0.2) is 22.6 Å². The Morgan fingerprint density at radius 3 is 2.54 bits per heavy atom. The van der Waals surface area contributed by atoms with Crippen LogP contribution < -0.4 is 4.90 Å². The number of rotatable bonds is 5. The van der Waals surface area contributed by atoms with Gasteiger partial charge < -0.3 is 9.32 Å². The largest absolute Gasteiger partial charge is 0.466 e.